The number of benzene rings is 1. The van der Waals surface area contributed by atoms with Crippen LogP contribution in [0.15, 0.2) is 53.3 Å². The van der Waals surface area contributed by atoms with Crippen LogP contribution in [0.25, 0.3) is 0 Å². The van der Waals surface area contributed by atoms with Gasteiger partial charge in [-0.3, -0.25) is 9.78 Å². The highest BCUT2D eigenvalue weighted by Gasteiger charge is 2.06. The summed E-state index contributed by atoms with van der Waals surface area (Å²) in [4.78, 5) is 15.5. The molecule has 0 amide bonds. The third-order valence-electron chi connectivity index (χ3n) is 2.12. The van der Waals surface area contributed by atoms with E-state index < -0.39 is 0 Å². The molecule has 0 radical (unpaired) electrons. The van der Waals surface area contributed by atoms with E-state index in [1.807, 2.05) is 18.2 Å². The van der Waals surface area contributed by atoms with Gasteiger partial charge in [-0.2, -0.15) is 0 Å². The predicted molar refractivity (Wildman–Crippen MR) is 67.7 cm³/mol. The van der Waals surface area contributed by atoms with Crippen LogP contribution in [0.3, 0.4) is 0 Å². The fourth-order valence-corrected chi connectivity index (χ4v) is 1.60. The van der Waals surface area contributed by atoms with Crippen LogP contribution < -0.4 is 4.74 Å². The first-order chi connectivity index (χ1) is 8.24. The van der Waals surface area contributed by atoms with Crippen LogP contribution in [0.2, 0.25) is 0 Å². The van der Waals surface area contributed by atoms with Crippen molar-refractivity contribution in [2.75, 3.05) is 0 Å². The summed E-state index contributed by atoms with van der Waals surface area (Å²) in [6, 6.07) is 10.8. The first-order valence-electron chi connectivity index (χ1n) is 5.09. The number of carbonyl (C=O) groups excluding carboxylic acids is 1. The van der Waals surface area contributed by atoms with Crippen molar-refractivity contribution in [2.45, 2.75) is 6.42 Å². The second-order valence-electron chi connectivity index (χ2n) is 3.47. The van der Waals surface area contributed by atoms with Gasteiger partial charge in [-0.15, -0.1) is 0 Å². The molecule has 0 unspecified atom stereocenters. The maximum absolute atomic E-state index is 11.6. The summed E-state index contributed by atoms with van der Waals surface area (Å²) in [6.07, 6.45) is 3.55. The zero-order valence-electron chi connectivity index (χ0n) is 8.97. The average molecular weight is 292 g/mol. The lowest BCUT2D eigenvalue weighted by atomic mass is 10.2. The molecular weight excluding hydrogens is 282 g/mol. The molecule has 1 aromatic heterocycles. The molecule has 86 valence electrons. The van der Waals surface area contributed by atoms with Gasteiger partial charge in [-0.05, 0) is 35.9 Å². The summed E-state index contributed by atoms with van der Waals surface area (Å²) in [6.45, 7) is 0. The van der Waals surface area contributed by atoms with E-state index in [2.05, 4.69) is 20.9 Å². The molecule has 0 N–H and O–H groups in total. The Hall–Kier alpha value is -1.68. The molecule has 4 heteroatoms. The van der Waals surface area contributed by atoms with E-state index in [9.17, 15) is 4.79 Å². The lowest BCUT2D eigenvalue weighted by Gasteiger charge is -2.04. The van der Waals surface area contributed by atoms with Gasteiger partial charge in [-0.25, -0.2) is 0 Å². The molecule has 2 aromatic rings. The Balaban J connectivity index is 1.96. The quantitative estimate of drug-likeness (QED) is 0.645. The van der Waals surface area contributed by atoms with E-state index in [1.165, 1.54) is 0 Å². The molecule has 3 nitrogen and oxygen atoms in total. The second kappa shape index (κ2) is 5.59. The highest BCUT2D eigenvalue weighted by atomic mass is 79.9. The van der Waals surface area contributed by atoms with E-state index in [1.54, 1.807) is 30.6 Å². The zero-order chi connectivity index (χ0) is 12.1. The molecule has 2 rings (SSSR count). The van der Waals surface area contributed by atoms with Gasteiger partial charge in [0.2, 0.25) is 0 Å². The van der Waals surface area contributed by atoms with Crippen molar-refractivity contribution in [3.8, 4) is 5.75 Å². The first-order valence-corrected chi connectivity index (χ1v) is 5.88. The van der Waals surface area contributed by atoms with Crippen molar-refractivity contribution < 1.29 is 9.53 Å². The Morgan fingerprint density at radius 1 is 1.24 bits per heavy atom. The lowest BCUT2D eigenvalue weighted by molar-refractivity contribution is -0.133. The first kappa shape index (κ1) is 11.8. The van der Waals surface area contributed by atoms with Crippen LogP contribution in [-0.4, -0.2) is 11.0 Å². The van der Waals surface area contributed by atoms with Gasteiger partial charge < -0.3 is 4.74 Å². The van der Waals surface area contributed by atoms with Gasteiger partial charge >= 0.3 is 5.97 Å². The Labute approximate surface area is 108 Å². The average Bonchev–Trinajstić information content (AvgIpc) is 2.33. The van der Waals surface area contributed by atoms with Crippen molar-refractivity contribution in [1.82, 2.24) is 4.98 Å². The number of ether oxygens (including phenoxy) is 1. The van der Waals surface area contributed by atoms with Gasteiger partial charge in [0.25, 0.3) is 0 Å². The molecule has 0 saturated carbocycles. The normalized spacial score (nSPS) is 9.94. The fraction of sp³-hybridized carbons (Fsp3) is 0.0769. The molecule has 0 saturated heterocycles. The van der Waals surface area contributed by atoms with Gasteiger partial charge in [0, 0.05) is 16.9 Å². The van der Waals surface area contributed by atoms with E-state index in [0.29, 0.717) is 5.75 Å². The third-order valence-corrected chi connectivity index (χ3v) is 2.65. The maximum Gasteiger partial charge on any atom is 0.315 e. The molecule has 17 heavy (non-hydrogen) atoms. The molecule has 0 atom stereocenters. The number of hydrogen-bond donors (Lipinski definition) is 0. The summed E-state index contributed by atoms with van der Waals surface area (Å²) in [5, 5.41) is 0. The summed E-state index contributed by atoms with van der Waals surface area (Å²) in [7, 11) is 0. The molecule has 1 aromatic carbocycles. The second-order valence-corrected chi connectivity index (χ2v) is 4.38. The monoisotopic (exact) mass is 291 g/mol. The van der Waals surface area contributed by atoms with Gasteiger partial charge in [0.05, 0.1) is 6.42 Å². The molecule has 0 aliphatic carbocycles. The number of carbonyl (C=O) groups is 1. The van der Waals surface area contributed by atoms with Crippen LogP contribution in [0.5, 0.6) is 5.75 Å². The molecule has 0 spiro atoms. The Morgan fingerprint density at radius 2 is 2.00 bits per heavy atom. The van der Waals surface area contributed by atoms with Crippen molar-refractivity contribution in [3.05, 3.63) is 58.8 Å². The van der Waals surface area contributed by atoms with E-state index in [4.69, 9.17) is 4.74 Å². The van der Waals surface area contributed by atoms with E-state index >= 15 is 0 Å². The Bertz CT molecular complexity index is 497. The van der Waals surface area contributed by atoms with Crippen LogP contribution in [-0.2, 0) is 11.2 Å². The molecule has 1 heterocycles. The number of rotatable bonds is 3. The largest absolute Gasteiger partial charge is 0.426 e. The third kappa shape index (κ3) is 3.67. The van der Waals surface area contributed by atoms with Crippen molar-refractivity contribution in [1.29, 1.82) is 0 Å². The number of nitrogens with zero attached hydrogens (tertiary/aromatic N) is 1. The minimum Gasteiger partial charge on any atom is -0.426 e. The number of esters is 1. The summed E-state index contributed by atoms with van der Waals surface area (Å²) in [5.41, 5.74) is 0.842. The number of hydrogen-bond acceptors (Lipinski definition) is 3. The fourth-order valence-electron chi connectivity index (χ4n) is 1.34. The lowest BCUT2D eigenvalue weighted by Crippen LogP contribution is -2.11. The summed E-state index contributed by atoms with van der Waals surface area (Å²) in [5.74, 6) is 0.252. The molecule has 0 fully saturated rings. The van der Waals surface area contributed by atoms with Crippen molar-refractivity contribution in [2.24, 2.45) is 0 Å². The topological polar surface area (TPSA) is 39.2 Å². The van der Waals surface area contributed by atoms with Gasteiger partial charge in [-0.1, -0.05) is 22.0 Å². The molecule has 0 bridgehead atoms. The highest BCUT2D eigenvalue weighted by molar-refractivity contribution is 9.10. The minimum absolute atomic E-state index is 0.226. The van der Waals surface area contributed by atoms with Crippen LogP contribution in [0.1, 0.15) is 5.56 Å². The molecule has 0 aliphatic heterocycles. The zero-order valence-corrected chi connectivity index (χ0v) is 10.6. The van der Waals surface area contributed by atoms with Crippen LogP contribution in [0.4, 0.5) is 0 Å². The number of aromatic nitrogens is 1. The van der Waals surface area contributed by atoms with Crippen molar-refractivity contribution in [3.63, 3.8) is 0 Å². The maximum atomic E-state index is 11.6. The standard InChI is InChI=1S/C13H10BrNO2/c14-11-3-5-12(6-4-11)17-13(16)8-10-2-1-7-15-9-10/h1-7,9H,8H2. The molecular formula is C13H10BrNO2. The summed E-state index contributed by atoms with van der Waals surface area (Å²) < 4.78 is 6.13. The van der Waals surface area contributed by atoms with Gasteiger partial charge in [0.15, 0.2) is 0 Å². The SMILES string of the molecule is O=C(Cc1cccnc1)Oc1ccc(Br)cc1. The molecule has 0 aliphatic rings. The van der Waals surface area contributed by atoms with Crippen LogP contribution >= 0.6 is 15.9 Å². The predicted octanol–water partition coefficient (Wildman–Crippen LogP) is 2.99. The Morgan fingerprint density at radius 3 is 2.65 bits per heavy atom. The van der Waals surface area contributed by atoms with Crippen molar-refractivity contribution >= 4 is 21.9 Å². The highest BCUT2D eigenvalue weighted by Crippen LogP contribution is 2.16. The number of halogens is 1. The van der Waals surface area contributed by atoms with Gasteiger partial charge in [0.1, 0.15) is 5.75 Å². The van der Waals surface area contributed by atoms with E-state index in [0.717, 1.165) is 10.0 Å². The summed E-state index contributed by atoms with van der Waals surface area (Å²) >= 11 is 3.32. The van der Waals surface area contributed by atoms with Crippen LogP contribution in [0, 0.1) is 0 Å². The Kier molecular flexibility index (Phi) is 3.88. The smallest absolute Gasteiger partial charge is 0.315 e. The number of pyridine rings is 1. The minimum atomic E-state index is -0.291. The van der Waals surface area contributed by atoms with E-state index in [-0.39, 0.29) is 12.4 Å².